The normalized spacial score (nSPS) is 13.9. The molecule has 0 spiro atoms. The summed E-state index contributed by atoms with van der Waals surface area (Å²) in [6.45, 7) is 8.33. The summed E-state index contributed by atoms with van der Waals surface area (Å²) in [5.41, 5.74) is 2.82. The highest BCUT2D eigenvalue weighted by molar-refractivity contribution is 6.04. The number of pyridine rings is 1. The van der Waals surface area contributed by atoms with Crippen molar-refractivity contribution in [3.8, 4) is 0 Å². The third kappa shape index (κ3) is 4.85. The van der Waals surface area contributed by atoms with E-state index in [0.29, 0.717) is 47.6 Å². The molecule has 36 heavy (non-hydrogen) atoms. The van der Waals surface area contributed by atoms with Crippen LogP contribution in [0.1, 0.15) is 48.6 Å². The third-order valence-corrected chi connectivity index (χ3v) is 5.72. The number of nitrogens with zero attached hydrogens (tertiary/aromatic N) is 5. The van der Waals surface area contributed by atoms with Crippen LogP contribution in [0.4, 0.5) is 22.1 Å². The number of amides is 2. The van der Waals surface area contributed by atoms with Gasteiger partial charge in [0, 0.05) is 30.7 Å². The van der Waals surface area contributed by atoms with Crippen molar-refractivity contribution in [2.24, 2.45) is 0 Å². The van der Waals surface area contributed by atoms with E-state index in [1.54, 1.807) is 27.8 Å². The molecule has 11 heteroatoms. The lowest BCUT2D eigenvalue weighted by Gasteiger charge is -2.37. The fraction of sp³-hybridized carbons (Fsp3) is 0.320. The summed E-state index contributed by atoms with van der Waals surface area (Å²) in [6, 6.07) is 11.1. The quantitative estimate of drug-likeness (QED) is 0.423. The molecular weight excluding hydrogens is 462 g/mol. The molecule has 2 amide bonds. The highest BCUT2D eigenvalue weighted by Crippen LogP contribution is 2.29. The Morgan fingerprint density at radius 2 is 1.97 bits per heavy atom. The van der Waals surface area contributed by atoms with Crippen molar-refractivity contribution in [2.45, 2.75) is 39.2 Å². The van der Waals surface area contributed by atoms with E-state index < -0.39 is 5.60 Å². The van der Waals surface area contributed by atoms with Crippen LogP contribution in [0.15, 0.2) is 53.3 Å². The Labute approximate surface area is 207 Å². The Kier molecular flexibility index (Phi) is 5.83. The van der Waals surface area contributed by atoms with Crippen molar-refractivity contribution in [1.82, 2.24) is 24.4 Å². The molecule has 11 nitrogen and oxygen atoms in total. The molecule has 1 saturated heterocycles. The number of carbonyl (C=O) groups is 2. The molecule has 5 rings (SSSR count). The molecule has 186 valence electrons. The van der Waals surface area contributed by atoms with Gasteiger partial charge in [-0.25, -0.2) is 9.78 Å². The van der Waals surface area contributed by atoms with Crippen molar-refractivity contribution in [1.29, 1.82) is 0 Å². The minimum Gasteiger partial charge on any atom is -0.444 e. The molecule has 1 aliphatic rings. The highest BCUT2D eigenvalue weighted by atomic mass is 16.6. The van der Waals surface area contributed by atoms with Crippen molar-refractivity contribution in [3.63, 3.8) is 0 Å². The lowest BCUT2D eigenvalue weighted by molar-refractivity contribution is 0.00557. The molecule has 3 aromatic heterocycles. The van der Waals surface area contributed by atoms with Crippen LogP contribution in [-0.2, 0) is 4.74 Å². The first-order valence-corrected chi connectivity index (χ1v) is 11.6. The van der Waals surface area contributed by atoms with Crippen LogP contribution >= 0.6 is 0 Å². The minimum atomic E-state index is -0.539. The smallest absolute Gasteiger partial charge is 0.410 e. The molecular formula is C25H27N7O4. The predicted molar refractivity (Wildman–Crippen MR) is 132 cm³/mol. The number of carbonyl (C=O) groups excluding carboxylic acids is 2. The first-order chi connectivity index (χ1) is 17.2. The maximum absolute atomic E-state index is 12.9. The Balaban J connectivity index is 1.22. The van der Waals surface area contributed by atoms with Gasteiger partial charge < -0.3 is 24.8 Å². The van der Waals surface area contributed by atoms with Crippen LogP contribution in [0.2, 0.25) is 0 Å². The number of hydrogen-bond donors (Lipinski definition) is 2. The fourth-order valence-corrected chi connectivity index (χ4v) is 3.81. The number of imidazole rings is 1. The maximum atomic E-state index is 12.9. The number of likely N-dealkylation sites (tertiary alicyclic amines) is 1. The summed E-state index contributed by atoms with van der Waals surface area (Å²) < 4.78 is 12.5. The van der Waals surface area contributed by atoms with Gasteiger partial charge in [-0.2, -0.15) is 4.98 Å². The number of aryl methyl sites for hydroxylation is 1. The van der Waals surface area contributed by atoms with Crippen molar-refractivity contribution in [3.05, 3.63) is 65.9 Å². The number of nitrogens with one attached hydrogen (secondary N) is 2. The number of anilines is 3. The summed E-state index contributed by atoms with van der Waals surface area (Å²) >= 11 is 0. The number of hydrogen-bond acceptors (Lipinski definition) is 8. The van der Waals surface area contributed by atoms with Crippen molar-refractivity contribution >= 4 is 35.0 Å². The molecule has 4 aromatic rings. The van der Waals surface area contributed by atoms with E-state index >= 15 is 0 Å². The van der Waals surface area contributed by atoms with Gasteiger partial charge in [0.05, 0.1) is 12.1 Å². The summed E-state index contributed by atoms with van der Waals surface area (Å²) in [5, 5.41) is 10.1. The van der Waals surface area contributed by atoms with E-state index in [1.165, 1.54) is 0 Å². The zero-order valence-corrected chi connectivity index (χ0v) is 20.5. The second-order valence-electron chi connectivity index (χ2n) is 9.72. The Hall–Kier alpha value is -4.41. The van der Waals surface area contributed by atoms with Crippen molar-refractivity contribution < 1.29 is 18.8 Å². The van der Waals surface area contributed by atoms with Gasteiger partial charge in [-0.05, 0) is 62.7 Å². The van der Waals surface area contributed by atoms with Gasteiger partial charge in [-0.1, -0.05) is 12.1 Å². The minimum absolute atomic E-state index is 0.0427. The van der Waals surface area contributed by atoms with Crippen molar-refractivity contribution in [2.75, 3.05) is 23.7 Å². The molecule has 0 bridgehead atoms. The van der Waals surface area contributed by atoms with Crippen LogP contribution in [0.3, 0.4) is 0 Å². The fourth-order valence-electron chi connectivity index (χ4n) is 3.81. The van der Waals surface area contributed by atoms with Crippen LogP contribution < -0.4 is 10.6 Å². The average Bonchev–Trinajstić information content (AvgIpc) is 3.41. The monoisotopic (exact) mass is 489 g/mol. The number of aromatic nitrogens is 4. The third-order valence-electron chi connectivity index (χ3n) is 5.72. The van der Waals surface area contributed by atoms with E-state index in [9.17, 15) is 9.59 Å². The largest absolute Gasteiger partial charge is 0.444 e. The van der Waals surface area contributed by atoms with Gasteiger partial charge in [0.2, 0.25) is 5.89 Å². The topological polar surface area (TPSA) is 127 Å². The second kappa shape index (κ2) is 8.99. The van der Waals surface area contributed by atoms with Crippen LogP contribution in [0.25, 0.3) is 5.65 Å². The van der Waals surface area contributed by atoms with E-state index in [2.05, 4.69) is 25.8 Å². The number of benzene rings is 1. The highest BCUT2D eigenvalue weighted by Gasteiger charge is 2.37. The first-order valence-electron chi connectivity index (χ1n) is 11.6. The molecule has 1 aliphatic heterocycles. The summed E-state index contributed by atoms with van der Waals surface area (Å²) in [6.07, 6.45) is 2.99. The van der Waals surface area contributed by atoms with Crippen LogP contribution in [0.5, 0.6) is 0 Å². The number of ether oxygens (including phenoxy) is 1. The molecule has 2 N–H and O–H groups in total. The molecule has 0 saturated carbocycles. The molecule has 0 aliphatic carbocycles. The van der Waals surface area contributed by atoms with E-state index in [-0.39, 0.29) is 17.9 Å². The van der Waals surface area contributed by atoms with Gasteiger partial charge in [-0.15, -0.1) is 0 Å². The number of rotatable bonds is 5. The summed E-state index contributed by atoms with van der Waals surface area (Å²) in [7, 11) is 0. The Bertz CT molecular complexity index is 1430. The van der Waals surface area contributed by atoms with Gasteiger partial charge >= 0.3 is 6.09 Å². The standard InChI is InChI=1S/C25H27N7O4/c1-15-8-9-17(11-18(15)28-21(33)19-12-26-20-7-5-6-10-32(19)20)27-23-29-22(36-30-23)16-13-31(14-16)24(34)35-25(2,3)4/h5-12,16H,13-14H2,1-4H3,(H,27,30)(H,28,33). The lowest BCUT2D eigenvalue weighted by atomic mass is 10.0. The van der Waals surface area contributed by atoms with E-state index in [0.717, 1.165) is 5.56 Å². The molecule has 1 aromatic carbocycles. The van der Waals surface area contributed by atoms with E-state index in [4.69, 9.17) is 9.26 Å². The molecule has 4 heterocycles. The van der Waals surface area contributed by atoms with Crippen LogP contribution in [-0.4, -0.2) is 55.1 Å². The first kappa shape index (κ1) is 23.3. The van der Waals surface area contributed by atoms with Crippen LogP contribution in [0, 0.1) is 6.92 Å². The zero-order chi connectivity index (χ0) is 25.4. The zero-order valence-electron chi connectivity index (χ0n) is 20.5. The second-order valence-corrected chi connectivity index (χ2v) is 9.72. The Morgan fingerprint density at radius 1 is 1.17 bits per heavy atom. The molecule has 1 fully saturated rings. The van der Waals surface area contributed by atoms with E-state index in [1.807, 2.05) is 58.0 Å². The predicted octanol–water partition coefficient (Wildman–Crippen LogP) is 4.36. The van der Waals surface area contributed by atoms with Gasteiger partial charge in [-0.3, -0.25) is 9.20 Å². The van der Waals surface area contributed by atoms with Gasteiger partial charge in [0.25, 0.3) is 11.9 Å². The summed E-state index contributed by atoms with van der Waals surface area (Å²) in [4.78, 5) is 35.3. The lowest BCUT2D eigenvalue weighted by Crippen LogP contribution is -2.50. The average molecular weight is 490 g/mol. The van der Waals surface area contributed by atoms with Gasteiger partial charge in [0.15, 0.2) is 0 Å². The number of fused-ring (bicyclic) bond motifs is 1. The molecule has 0 atom stereocenters. The SMILES string of the molecule is Cc1ccc(Nc2noc(C3CN(C(=O)OC(C)(C)C)C3)n2)cc1NC(=O)c1cnc2ccccn12. The molecule has 0 unspecified atom stereocenters. The summed E-state index contributed by atoms with van der Waals surface area (Å²) in [5.74, 6) is 0.434. The molecule has 0 radical (unpaired) electrons. The van der Waals surface area contributed by atoms with Gasteiger partial charge in [0.1, 0.15) is 16.9 Å². The Morgan fingerprint density at radius 3 is 2.75 bits per heavy atom. The maximum Gasteiger partial charge on any atom is 0.410 e.